The third-order valence-corrected chi connectivity index (χ3v) is 3.98. The lowest BCUT2D eigenvalue weighted by Gasteiger charge is -2.23. The minimum atomic E-state index is -4.31. The normalized spacial score (nSPS) is 19.1. The number of benzene rings is 1. The quantitative estimate of drug-likeness (QED) is 0.872. The van der Waals surface area contributed by atoms with Gasteiger partial charge in [-0.15, -0.1) is 0 Å². The monoisotopic (exact) mass is 304 g/mol. The first-order valence-electron chi connectivity index (χ1n) is 6.20. The molecule has 0 aliphatic carbocycles. The van der Waals surface area contributed by atoms with Crippen molar-refractivity contribution >= 4 is 17.7 Å². The third kappa shape index (κ3) is 3.89. The topological polar surface area (TPSA) is 32.3 Å². The molecule has 1 fully saturated rings. The molecular weight excluding hydrogens is 289 g/mol. The fourth-order valence-corrected chi connectivity index (χ4v) is 2.68. The lowest BCUT2D eigenvalue weighted by atomic mass is 10.1. The Kier molecular flexibility index (Phi) is 4.59. The number of carbonyl (C=O) groups is 1. The second-order valence-corrected chi connectivity index (χ2v) is 5.77. The van der Waals surface area contributed by atoms with Gasteiger partial charge in [-0.3, -0.25) is 4.79 Å². The summed E-state index contributed by atoms with van der Waals surface area (Å²) in [7, 11) is 1.72. The number of nitrogens with zero attached hydrogens (tertiary/aromatic N) is 1. The molecule has 1 heterocycles. The molecule has 7 heteroatoms. The van der Waals surface area contributed by atoms with Gasteiger partial charge in [0.05, 0.1) is 0 Å². The summed E-state index contributed by atoms with van der Waals surface area (Å²) in [6.07, 6.45) is 0.893. The van der Waals surface area contributed by atoms with E-state index in [1.807, 2.05) is 0 Å². The van der Waals surface area contributed by atoms with Crippen LogP contribution in [0.15, 0.2) is 29.2 Å². The molecule has 1 aliphatic rings. The van der Waals surface area contributed by atoms with Crippen LogP contribution < -0.4 is 5.32 Å². The van der Waals surface area contributed by atoms with Gasteiger partial charge in [-0.25, -0.2) is 0 Å². The molecule has 0 spiro atoms. The fraction of sp³-hybridized carbons (Fsp3) is 0.462. The van der Waals surface area contributed by atoms with Crippen molar-refractivity contribution in [3.63, 3.8) is 0 Å². The SMILES string of the molecule is CN(C(=O)c1ccc(SC(F)(F)F)cc1)C1CCNC1. The minimum absolute atomic E-state index is 0.0826. The van der Waals surface area contributed by atoms with Gasteiger partial charge in [0.1, 0.15) is 0 Å². The Morgan fingerprint density at radius 3 is 2.50 bits per heavy atom. The average Bonchev–Trinajstić information content (AvgIpc) is 2.90. The number of thioether (sulfide) groups is 1. The van der Waals surface area contributed by atoms with Crippen LogP contribution in [0.5, 0.6) is 0 Å². The molecule has 1 aromatic rings. The van der Waals surface area contributed by atoms with Gasteiger partial charge < -0.3 is 10.2 Å². The maximum atomic E-state index is 12.2. The van der Waals surface area contributed by atoms with Crippen LogP contribution in [0.3, 0.4) is 0 Å². The smallest absolute Gasteiger partial charge is 0.337 e. The van der Waals surface area contributed by atoms with E-state index in [1.165, 1.54) is 24.3 Å². The van der Waals surface area contributed by atoms with E-state index < -0.39 is 5.51 Å². The van der Waals surface area contributed by atoms with Crippen molar-refractivity contribution in [1.29, 1.82) is 0 Å². The molecule has 1 aliphatic heterocycles. The average molecular weight is 304 g/mol. The highest BCUT2D eigenvalue weighted by Gasteiger charge is 2.29. The van der Waals surface area contributed by atoms with Crippen LogP contribution in [-0.4, -0.2) is 42.5 Å². The largest absolute Gasteiger partial charge is 0.446 e. The summed E-state index contributed by atoms with van der Waals surface area (Å²) >= 11 is -0.180. The highest BCUT2D eigenvalue weighted by Crippen LogP contribution is 2.36. The van der Waals surface area contributed by atoms with Crippen molar-refractivity contribution in [3.8, 4) is 0 Å². The number of alkyl halides is 3. The maximum absolute atomic E-state index is 12.2. The Labute approximate surface area is 119 Å². The van der Waals surface area contributed by atoms with Gasteiger partial charge in [0.2, 0.25) is 0 Å². The number of rotatable bonds is 3. The van der Waals surface area contributed by atoms with Crippen molar-refractivity contribution in [1.82, 2.24) is 10.2 Å². The second-order valence-electron chi connectivity index (χ2n) is 4.63. The zero-order valence-corrected chi connectivity index (χ0v) is 11.7. The molecule has 110 valence electrons. The van der Waals surface area contributed by atoms with Gasteiger partial charge in [0.25, 0.3) is 5.91 Å². The van der Waals surface area contributed by atoms with Crippen LogP contribution in [0.2, 0.25) is 0 Å². The maximum Gasteiger partial charge on any atom is 0.446 e. The van der Waals surface area contributed by atoms with Gasteiger partial charge in [0.15, 0.2) is 0 Å². The molecule has 0 radical (unpaired) electrons. The van der Waals surface area contributed by atoms with Crippen LogP contribution >= 0.6 is 11.8 Å². The predicted octanol–water partition coefficient (Wildman–Crippen LogP) is 2.73. The lowest BCUT2D eigenvalue weighted by molar-refractivity contribution is -0.0328. The van der Waals surface area contributed by atoms with Crippen LogP contribution in [0.25, 0.3) is 0 Å². The standard InChI is InChI=1S/C13H15F3N2OS/c1-18(10-6-7-17-8-10)12(19)9-2-4-11(5-3-9)20-13(14,15)16/h2-5,10,17H,6-8H2,1H3. The minimum Gasteiger partial charge on any atom is -0.337 e. The van der Waals surface area contributed by atoms with E-state index in [-0.39, 0.29) is 28.6 Å². The first-order valence-corrected chi connectivity index (χ1v) is 7.02. The van der Waals surface area contributed by atoms with Crippen molar-refractivity contribution in [2.45, 2.75) is 22.9 Å². The highest BCUT2D eigenvalue weighted by molar-refractivity contribution is 8.00. The van der Waals surface area contributed by atoms with Gasteiger partial charge in [-0.1, -0.05) is 0 Å². The van der Waals surface area contributed by atoms with Gasteiger partial charge >= 0.3 is 5.51 Å². The lowest BCUT2D eigenvalue weighted by Crippen LogP contribution is -2.38. The molecule has 1 N–H and O–H groups in total. The van der Waals surface area contributed by atoms with Crippen LogP contribution in [0.4, 0.5) is 13.2 Å². The molecule has 20 heavy (non-hydrogen) atoms. The van der Waals surface area contributed by atoms with E-state index in [4.69, 9.17) is 0 Å². The zero-order valence-electron chi connectivity index (χ0n) is 10.9. The summed E-state index contributed by atoms with van der Waals surface area (Å²) < 4.78 is 36.6. The van der Waals surface area contributed by atoms with E-state index in [0.29, 0.717) is 5.56 Å². The number of likely N-dealkylation sites (N-methyl/N-ethyl adjacent to an activating group) is 1. The molecule has 1 unspecified atom stereocenters. The Bertz CT molecular complexity index is 469. The summed E-state index contributed by atoms with van der Waals surface area (Å²) in [6.45, 7) is 1.63. The number of hydrogen-bond donors (Lipinski definition) is 1. The Morgan fingerprint density at radius 1 is 1.35 bits per heavy atom. The van der Waals surface area contributed by atoms with Crippen LogP contribution in [-0.2, 0) is 0 Å². The summed E-state index contributed by atoms with van der Waals surface area (Å²) in [6, 6.07) is 5.68. The first-order chi connectivity index (χ1) is 9.37. The van der Waals surface area contributed by atoms with E-state index in [9.17, 15) is 18.0 Å². The summed E-state index contributed by atoms with van der Waals surface area (Å²) in [5, 5.41) is 3.17. The van der Waals surface area contributed by atoms with Gasteiger partial charge in [-0.2, -0.15) is 13.2 Å². The molecule has 1 amide bonds. The molecule has 2 rings (SSSR count). The number of nitrogens with one attached hydrogen (secondary N) is 1. The molecule has 3 nitrogen and oxygen atoms in total. The molecule has 0 saturated carbocycles. The summed E-state index contributed by atoms with van der Waals surface area (Å²) in [5.41, 5.74) is -3.90. The Hall–Kier alpha value is -1.21. The Balaban J connectivity index is 2.03. The molecule has 0 bridgehead atoms. The number of hydrogen-bond acceptors (Lipinski definition) is 3. The van der Waals surface area contributed by atoms with Crippen LogP contribution in [0, 0.1) is 0 Å². The predicted molar refractivity (Wildman–Crippen MR) is 71.7 cm³/mol. The second kappa shape index (κ2) is 6.05. The van der Waals surface area contributed by atoms with Crippen molar-refractivity contribution in [3.05, 3.63) is 29.8 Å². The third-order valence-electron chi connectivity index (χ3n) is 3.24. The van der Waals surface area contributed by atoms with Crippen LogP contribution in [0.1, 0.15) is 16.8 Å². The number of amides is 1. The van der Waals surface area contributed by atoms with E-state index in [0.717, 1.165) is 19.5 Å². The zero-order chi connectivity index (χ0) is 14.8. The molecular formula is C13H15F3N2OS. The Morgan fingerprint density at radius 2 is 2.00 bits per heavy atom. The van der Waals surface area contributed by atoms with Crippen molar-refractivity contribution in [2.75, 3.05) is 20.1 Å². The fourth-order valence-electron chi connectivity index (χ4n) is 2.14. The van der Waals surface area contributed by atoms with E-state index in [1.54, 1.807) is 11.9 Å². The van der Waals surface area contributed by atoms with Crippen molar-refractivity contribution < 1.29 is 18.0 Å². The first kappa shape index (κ1) is 15.2. The number of halogens is 3. The summed E-state index contributed by atoms with van der Waals surface area (Å²) in [5.74, 6) is -0.165. The molecule has 1 atom stereocenters. The van der Waals surface area contributed by atoms with Crippen molar-refractivity contribution in [2.24, 2.45) is 0 Å². The van der Waals surface area contributed by atoms with E-state index in [2.05, 4.69) is 5.32 Å². The summed E-state index contributed by atoms with van der Waals surface area (Å²) in [4.78, 5) is 13.9. The molecule has 1 saturated heterocycles. The van der Waals surface area contributed by atoms with Gasteiger partial charge in [0, 0.05) is 30.1 Å². The number of carbonyl (C=O) groups excluding carboxylic acids is 1. The molecule has 0 aromatic heterocycles. The van der Waals surface area contributed by atoms with Gasteiger partial charge in [-0.05, 0) is 49.0 Å². The highest BCUT2D eigenvalue weighted by atomic mass is 32.2. The van der Waals surface area contributed by atoms with E-state index >= 15 is 0 Å². The molecule has 1 aromatic carbocycles.